The molecule has 0 saturated carbocycles. The van der Waals surface area contributed by atoms with Gasteiger partial charge in [-0.25, -0.2) is 0 Å². The minimum Gasteiger partial charge on any atom is -0.492 e. The summed E-state index contributed by atoms with van der Waals surface area (Å²) in [5.41, 5.74) is 6.60. The van der Waals surface area contributed by atoms with Crippen LogP contribution in [0.3, 0.4) is 0 Å². The molecule has 0 bridgehead atoms. The van der Waals surface area contributed by atoms with Crippen LogP contribution in [0.25, 0.3) is 0 Å². The number of hydrogen-bond acceptors (Lipinski definition) is 4. The van der Waals surface area contributed by atoms with Crippen LogP contribution in [0.4, 0.5) is 0 Å². The van der Waals surface area contributed by atoms with Gasteiger partial charge < -0.3 is 15.4 Å². The van der Waals surface area contributed by atoms with Gasteiger partial charge in [-0.3, -0.25) is 4.98 Å². The zero-order valence-electron chi connectivity index (χ0n) is 10.3. The van der Waals surface area contributed by atoms with E-state index in [-0.39, 0.29) is 6.04 Å². The molecule has 90 valence electrons. The fourth-order valence-corrected chi connectivity index (χ4v) is 1.32. The first-order valence-corrected chi connectivity index (χ1v) is 5.58. The third kappa shape index (κ3) is 4.59. The quantitative estimate of drug-likeness (QED) is 0.741. The number of rotatable bonds is 6. The van der Waals surface area contributed by atoms with E-state index in [2.05, 4.69) is 24.0 Å². The predicted molar refractivity (Wildman–Crippen MR) is 65.5 cm³/mol. The Bertz CT molecular complexity index is 296. The van der Waals surface area contributed by atoms with E-state index in [1.54, 1.807) is 6.20 Å². The number of nitrogens with two attached hydrogens (primary N) is 1. The highest BCUT2D eigenvalue weighted by atomic mass is 16.5. The Balaban J connectivity index is 2.32. The molecule has 4 heteroatoms. The first-order chi connectivity index (χ1) is 7.59. The second kappa shape index (κ2) is 6.45. The minimum atomic E-state index is -0.0252. The Morgan fingerprint density at radius 1 is 1.44 bits per heavy atom. The molecule has 16 heavy (non-hydrogen) atoms. The van der Waals surface area contributed by atoms with Crippen LogP contribution in [-0.2, 0) is 0 Å². The van der Waals surface area contributed by atoms with Crippen LogP contribution in [0.15, 0.2) is 18.3 Å². The molecule has 4 nitrogen and oxygen atoms in total. The van der Waals surface area contributed by atoms with Gasteiger partial charge in [0.1, 0.15) is 5.75 Å². The maximum Gasteiger partial charge on any atom is 0.137 e. The van der Waals surface area contributed by atoms with Crippen LogP contribution >= 0.6 is 0 Å². The largest absolute Gasteiger partial charge is 0.492 e. The predicted octanol–water partition coefficient (Wildman–Crippen LogP) is 1.43. The van der Waals surface area contributed by atoms with Gasteiger partial charge in [0.2, 0.25) is 0 Å². The summed E-state index contributed by atoms with van der Waals surface area (Å²) in [6.07, 6.45) is 2.75. The van der Waals surface area contributed by atoms with E-state index in [0.717, 1.165) is 31.0 Å². The molecule has 0 radical (unpaired) electrons. The van der Waals surface area contributed by atoms with E-state index in [1.165, 1.54) is 0 Å². The van der Waals surface area contributed by atoms with Crippen molar-refractivity contribution in [1.82, 2.24) is 9.88 Å². The first kappa shape index (κ1) is 12.9. The molecule has 0 aliphatic heterocycles. The molecule has 0 aliphatic rings. The molecular formula is C12H21N3O. The Morgan fingerprint density at radius 2 is 2.19 bits per heavy atom. The molecule has 2 N–H and O–H groups in total. The average Bonchev–Trinajstić information content (AvgIpc) is 2.25. The van der Waals surface area contributed by atoms with Crippen molar-refractivity contribution >= 4 is 0 Å². The lowest BCUT2D eigenvalue weighted by Gasteiger charge is -2.10. The highest BCUT2D eigenvalue weighted by Crippen LogP contribution is 2.12. The number of hydrogen-bond donors (Lipinski definition) is 1. The van der Waals surface area contributed by atoms with Crippen molar-refractivity contribution < 1.29 is 4.74 Å². The molecule has 0 amide bonds. The van der Waals surface area contributed by atoms with Gasteiger partial charge in [-0.15, -0.1) is 0 Å². The summed E-state index contributed by atoms with van der Waals surface area (Å²) in [6.45, 7) is 3.67. The Labute approximate surface area is 97.4 Å². The molecule has 0 unspecified atom stereocenters. The molecule has 1 aromatic heterocycles. The molecule has 0 aliphatic carbocycles. The minimum absolute atomic E-state index is 0.0252. The maximum atomic E-state index is 5.71. The average molecular weight is 223 g/mol. The lowest BCUT2D eigenvalue weighted by molar-refractivity contribution is 0.280. The molecule has 1 aromatic rings. The number of nitrogens with zero attached hydrogens (tertiary/aromatic N) is 2. The van der Waals surface area contributed by atoms with Crippen molar-refractivity contribution in [3.8, 4) is 5.75 Å². The summed E-state index contributed by atoms with van der Waals surface area (Å²) >= 11 is 0. The SMILES string of the molecule is C[C@@H](N)c1ccc(OCCCN(C)C)cn1. The normalized spacial score (nSPS) is 12.8. The number of aromatic nitrogens is 1. The van der Waals surface area contributed by atoms with Crippen LogP contribution in [-0.4, -0.2) is 37.1 Å². The number of pyridine rings is 1. The third-order valence-corrected chi connectivity index (χ3v) is 2.24. The van der Waals surface area contributed by atoms with E-state index in [9.17, 15) is 0 Å². The van der Waals surface area contributed by atoms with Crippen molar-refractivity contribution in [3.63, 3.8) is 0 Å². The van der Waals surface area contributed by atoms with Crippen LogP contribution in [0.1, 0.15) is 25.1 Å². The lowest BCUT2D eigenvalue weighted by atomic mass is 10.2. The summed E-state index contributed by atoms with van der Waals surface area (Å²) in [4.78, 5) is 6.37. The Morgan fingerprint density at radius 3 is 2.69 bits per heavy atom. The van der Waals surface area contributed by atoms with E-state index in [4.69, 9.17) is 10.5 Å². The van der Waals surface area contributed by atoms with Crippen molar-refractivity contribution in [2.45, 2.75) is 19.4 Å². The molecular weight excluding hydrogens is 202 g/mol. The Hall–Kier alpha value is -1.13. The van der Waals surface area contributed by atoms with E-state index in [1.807, 2.05) is 19.1 Å². The lowest BCUT2D eigenvalue weighted by Crippen LogP contribution is -2.15. The van der Waals surface area contributed by atoms with E-state index in [0.29, 0.717) is 0 Å². The van der Waals surface area contributed by atoms with Crippen LogP contribution in [0.5, 0.6) is 5.75 Å². The topological polar surface area (TPSA) is 51.4 Å². The van der Waals surface area contributed by atoms with Gasteiger partial charge in [-0.05, 0) is 39.6 Å². The second-order valence-electron chi connectivity index (χ2n) is 4.21. The standard InChI is InChI=1S/C12H21N3O/c1-10(13)12-6-5-11(9-14-12)16-8-4-7-15(2)3/h5-6,9-10H,4,7-8,13H2,1-3H3/t10-/m1/s1. The first-order valence-electron chi connectivity index (χ1n) is 5.58. The van der Waals surface area contributed by atoms with Crippen molar-refractivity contribution in [2.75, 3.05) is 27.2 Å². The molecule has 1 atom stereocenters. The molecule has 1 heterocycles. The number of ether oxygens (including phenoxy) is 1. The van der Waals surface area contributed by atoms with Crippen molar-refractivity contribution in [2.24, 2.45) is 5.73 Å². The smallest absolute Gasteiger partial charge is 0.137 e. The molecule has 0 aromatic carbocycles. The summed E-state index contributed by atoms with van der Waals surface area (Å²) < 4.78 is 5.56. The Kier molecular flexibility index (Phi) is 5.22. The summed E-state index contributed by atoms with van der Waals surface area (Å²) in [6, 6.07) is 3.80. The van der Waals surface area contributed by atoms with E-state index < -0.39 is 0 Å². The van der Waals surface area contributed by atoms with E-state index >= 15 is 0 Å². The third-order valence-electron chi connectivity index (χ3n) is 2.24. The highest BCUT2D eigenvalue weighted by Gasteiger charge is 2.01. The van der Waals surface area contributed by atoms with Gasteiger partial charge >= 0.3 is 0 Å². The van der Waals surface area contributed by atoms with Crippen molar-refractivity contribution in [3.05, 3.63) is 24.0 Å². The summed E-state index contributed by atoms with van der Waals surface area (Å²) in [7, 11) is 4.11. The van der Waals surface area contributed by atoms with Crippen LogP contribution in [0.2, 0.25) is 0 Å². The zero-order chi connectivity index (χ0) is 12.0. The van der Waals surface area contributed by atoms with Gasteiger partial charge in [-0.2, -0.15) is 0 Å². The molecule has 0 fully saturated rings. The van der Waals surface area contributed by atoms with Gasteiger partial charge in [0.05, 0.1) is 18.5 Å². The fraction of sp³-hybridized carbons (Fsp3) is 0.583. The van der Waals surface area contributed by atoms with Gasteiger partial charge in [0, 0.05) is 12.6 Å². The van der Waals surface area contributed by atoms with Crippen LogP contribution in [0, 0.1) is 0 Å². The van der Waals surface area contributed by atoms with Gasteiger partial charge in [-0.1, -0.05) is 0 Å². The van der Waals surface area contributed by atoms with Gasteiger partial charge in [0.15, 0.2) is 0 Å². The van der Waals surface area contributed by atoms with Crippen LogP contribution < -0.4 is 10.5 Å². The zero-order valence-corrected chi connectivity index (χ0v) is 10.3. The maximum absolute atomic E-state index is 5.71. The van der Waals surface area contributed by atoms with Gasteiger partial charge in [0.25, 0.3) is 0 Å². The monoisotopic (exact) mass is 223 g/mol. The molecule has 0 saturated heterocycles. The molecule has 0 spiro atoms. The second-order valence-corrected chi connectivity index (χ2v) is 4.21. The molecule has 1 rings (SSSR count). The summed E-state index contributed by atoms with van der Waals surface area (Å²) in [5, 5.41) is 0. The fourth-order valence-electron chi connectivity index (χ4n) is 1.32. The van der Waals surface area contributed by atoms with Crippen molar-refractivity contribution in [1.29, 1.82) is 0 Å². The summed E-state index contributed by atoms with van der Waals surface area (Å²) in [5.74, 6) is 0.808. The highest BCUT2D eigenvalue weighted by molar-refractivity contribution is 5.21.